The molecule has 0 saturated heterocycles. The van der Waals surface area contributed by atoms with Gasteiger partial charge in [-0.15, -0.1) is 0 Å². The zero-order valence-electron chi connectivity index (χ0n) is 12.4. The second kappa shape index (κ2) is 7.70. The standard InChI is InChI=1S/C14H20Cl3NO3/c1-9(2)7-10-11(21-3)8-13(20)18(10)12(19)5-4-6-14(15,16)17/h8-10H,4-7H2,1-3H3/t10-/m0/s1. The summed E-state index contributed by atoms with van der Waals surface area (Å²) in [5.74, 6) is 0.263. The molecule has 120 valence electrons. The van der Waals surface area contributed by atoms with E-state index in [1.54, 1.807) is 0 Å². The molecular formula is C14H20Cl3NO3. The molecule has 0 aromatic carbocycles. The Kier molecular flexibility index (Phi) is 6.82. The molecule has 0 bridgehead atoms. The van der Waals surface area contributed by atoms with Crippen molar-refractivity contribution in [3.63, 3.8) is 0 Å². The highest BCUT2D eigenvalue weighted by atomic mass is 35.6. The van der Waals surface area contributed by atoms with Gasteiger partial charge in [-0.2, -0.15) is 0 Å². The van der Waals surface area contributed by atoms with Crippen LogP contribution < -0.4 is 0 Å². The lowest BCUT2D eigenvalue weighted by Crippen LogP contribution is -2.41. The number of methoxy groups -OCH3 is 1. The third-order valence-corrected chi connectivity index (χ3v) is 3.76. The van der Waals surface area contributed by atoms with E-state index >= 15 is 0 Å². The van der Waals surface area contributed by atoms with Gasteiger partial charge in [-0.3, -0.25) is 14.5 Å². The Morgan fingerprint density at radius 2 is 2.05 bits per heavy atom. The van der Waals surface area contributed by atoms with E-state index in [-0.39, 0.29) is 30.7 Å². The number of halogens is 3. The molecule has 0 aromatic heterocycles. The first-order valence-corrected chi connectivity index (χ1v) is 7.97. The predicted octanol–water partition coefficient (Wildman–Crippen LogP) is 3.84. The van der Waals surface area contributed by atoms with Gasteiger partial charge in [-0.05, 0) is 25.2 Å². The molecule has 0 unspecified atom stereocenters. The highest BCUT2D eigenvalue weighted by Crippen LogP contribution is 2.32. The quantitative estimate of drug-likeness (QED) is 0.679. The van der Waals surface area contributed by atoms with Gasteiger partial charge in [0.05, 0.1) is 13.2 Å². The first-order valence-electron chi connectivity index (χ1n) is 6.84. The number of carbonyl (C=O) groups excluding carboxylic acids is 2. The summed E-state index contributed by atoms with van der Waals surface area (Å²) in [4.78, 5) is 25.6. The molecule has 0 spiro atoms. The Morgan fingerprint density at radius 3 is 2.52 bits per heavy atom. The first-order chi connectivity index (χ1) is 9.65. The lowest BCUT2D eigenvalue weighted by atomic mass is 10.0. The van der Waals surface area contributed by atoms with Crippen molar-refractivity contribution in [2.45, 2.75) is 49.4 Å². The van der Waals surface area contributed by atoms with Gasteiger partial charge >= 0.3 is 0 Å². The van der Waals surface area contributed by atoms with Crippen LogP contribution in [0.3, 0.4) is 0 Å². The van der Waals surface area contributed by atoms with Crippen LogP contribution in [0, 0.1) is 5.92 Å². The van der Waals surface area contributed by atoms with Gasteiger partial charge in [0.25, 0.3) is 5.91 Å². The Morgan fingerprint density at radius 1 is 1.43 bits per heavy atom. The van der Waals surface area contributed by atoms with Crippen molar-refractivity contribution < 1.29 is 14.3 Å². The number of ether oxygens (including phenoxy) is 1. The number of nitrogens with zero attached hydrogens (tertiary/aromatic N) is 1. The molecule has 1 atom stereocenters. The van der Waals surface area contributed by atoms with E-state index in [0.29, 0.717) is 24.5 Å². The third-order valence-electron chi connectivity index (χ3n) is 3.19. The smallest absolute Gasteiger partial charge is 0.257 e. The van der Waals surface area contributed by atoms with Crippen molar-refractivity contribution in [1.82, 2.24) is 4.90 Å². The number of amides is 2. The minimum atomic E-state index is -1.37. The molecule has 0 radical (unpaired) electrons. The molecule has 2 amide bonds. The van der Waals surface area contributed by atoms with Gasteiger partial charge in [0.1, 0.15) is 5.76 Å². The summed E-state index contributed by atoms with van der Waals surface area (Å²) in [6, 6.07) is -0.331. The summed E-state index contributed by atoms with van der Waals surface area (Å²) in [5, 5.41) is 0. The molecule has 0 aromatic rings. The normalized spacial score (nSPS) is 19.2. The maximum Gasteiger partial charge on any atom is 0.257 e. The monoisotopic (exact) mass is 355 g/mol. The second-order valence-corrected chi connectivity index (χ2v) is 7.98. The molecule has 0 fully saturated rings. The van der Waals surface area contributed by atoms with E-state index < -0.39 is 3.79 Å². The van der Waals surface area contributed by atoms with Gasteiger partial charge in [-0.1, -0.05) is 48.7 Å². The Labute approximate surface area is 140 Å². The maximum absolute atomic E-state index is 12.3. The molecule has 0 N–H and O–H groups in total. The van der Waals surface area contributed by atoms with Gasteiger partial charge in [-0.25, -0.2) is 0 Å². The zero-order chi connectivity index (χ0) is 16.2. The van der Waals surface area contributed by atoms with Crippen molar-refractivity contribution >= 4 is 46.6 Å². The molecular weight excluding hydrogens is 337 g/mol. The molecule has 4 nitrogen and oxygen atoms in total. The lowest BCUT2D eigenvalue weighted by Gasteiger charge is -2.26. The molecule has 21 heavy (non-hydrogen) atoms. The molecule has 7 heteroatoms. The van der Waals surface area contributed by atoms with Crippen LogP contribution in [0.1, 0.15) is 39.5 Å². The number of carbonyl (C=O) groups is 2. The number of imide groups is 1. The van der Waals surface area contributed by atoms with Crippen LogP contribution in [0.15, 0.2) is 11.8 Å². The number of hydrogen-bond donors (Lipinski definition) is 0. The number of alkyl halides is 3. The van der Waals surface area contributed by atoms with Gasteiger partial charge in [0, 0.05) is 12.5 Å². The molecule has 1 aliphatic rings. The fourth-order valence-electron chi connectivity index (χ4n) is 2.29. The molecule has 0 saturated carbocycles. The number of hydrogen-bond acceptors (Lipinski definition) is 3. The van der Waals surface area contributed by atoms with Crippen molar-refractivity contribution in [2.24, 2.45) is 5.92 Å². The van der Waals surface area contributed by atoms with Crippen LogP contribution in [-0.2, 0) is 14.3 Å². The summed E-state index contributed by atoms with van der Waals surface area (Å²) in [5.41, 5.74) is 0. The first kappa shape index (κ1) is 18.6. The lowest BCUT2D eigenvalue weighted by molar-refractivity contribution is -0.143. The molecule has 0 aliphatic carbocycles. The third kappa shape index (κ3) is 5.68. The van der Waals surface area contributed by atoms with Crippen LogP contribution in [0.2, 0.25) is 0 Å². The Balaban J connectivity index is 2.70. The second-order valence-electron chi connectivity index (χ2n) is 5.47. The molecule has 1 heterocycles. The average molecular weight is 357 g/mol. The van der Waals surface area contributed by atoms with Crippen molar-refractivity contribution in [3.05, 3.63) is 11.8 Å². The van der Waals surface area contributed by atoms with Crippen LogP contribution in [0.5, 0.6) is 0 Å². The van der Waals surface area contributed by atoms with Crippen LogP contribution in [0.4, 0.5) is 0 Å². The van der Waals surface area contributed by atoms with Crippen molar-refractivity contribution in [1.29, 1.82) is 0 Å². The van der Waals surface area contributed by atoms with Crippen LogP contribution >= 0.6 is 34.8 Å². The Hall–Kier alpha value is -0.450. The zero-order valence-corrected chi connectivity index (χ0v) is 14.6. The highest BCUT2D eigenvalue weighted by Gasteiger charge is 2.38. The van der Waals surface area contributed by atoms with E-state index in [9.17, 15) is 9.59 Å². The van der Waals surface area contributed by atoms with Crippen LogP contribution in [0.25, 0.3) is 0 Å². The minimum Gasteiger partial charge on any atom is -0.499 e. The molecule has 1 rings (SSSR count). The summed E-state index contributed by atoms with van der Waals surface area (Å²) in [7, 11) is 1.50. The minimum absolute atomic E-state index is 0.166. The number of rotatable bonds is 6. The van der Waals surface area contributed by atoms with E-state index in [1.165, 1.54) is 18.1 Å². The Bertz CT molecular complexity index is 430. The highest BCUT2D eigenvalue weighted by molar-refractivity contribution is 6.67. The van der Waals surface area contributed by atoms with E-state index in [4.69, 9.17) is 39.5 Å². The van der Waals surface area contributed by atoms with E-state index in [2.05, 4.69) is 0 Å². The summed E-state index contributed by atoms with van der Waals surface area (Å²) in [6.07, 6.45) is 2.89. The SMILES string of the molecule is COC1=CC(=O)N(C(=O)CCCC(Cl)(Cl)Cl)[C@H]1CC(C)C. The maximum atomic E-state index is 12.3. The predicted molar refractivity (Wildman–Crippen MR) is 84.3 cm³/mol. The summed E-state index contributed by atoms with van der Waals surface area (Å²) >= 11 is 17.0. The average Bonchev–Trinajstić information content (AvgIpc) is 2.62. The van der Waals surface area contributed by atoms with Gasteiger partial charge in [0.15, 0.2) is 3.79 Å². The van der Waals surface area contributed by atoms with Crippen LogP contribution in [-0.4, -0.2) is 33.7 Å². The fraction of sp³-hybridized carbons (Fsp3) is 0.714. The fourth-order valence-corrected chi connectivity index (χ4v) is 2.69. The van der Waals surface area contributed by atoms with E-state index in [0.717, 1.165) is 0 Å². The van der Waals surface area contributed by atoms with Gasteiger partial charge < -0.3 is 4.74 Å². The largest absolute Gasteiger partial charge is 0.499 e. The summed E-state index contributed by atoms with van der Waals surface area (Å²) < 4.78 is 3.84. The van der Waals surface area contributed by atoms with Crippen molar-refractivity contribution in [3.8, 4) is 0 Å². The topological polar surface area (TPSA) is 46.6 Å². The van der Waals surface area contributed by atoms with Crippen molar-refractivity contribution in [2.75, 3.05) is 7.11 Å². The van der Waals surface area contributed by atoms with Gasteiger partial charge in [0.2, 0.25) is 5.91 Å². The summed E-state index contributed by atoms with van der Waals surface area (Å²) in [6.45, 7) is 4.06. The molecule has 1 aliphatic heterocycles. The van der Waals surface area contributed by atoms with E-state index in [1.807, 2.05) is 13.8 Å².